The Balaban J connectivity index is 1.59. The summed E-state index contributed by atoms with van der Waals surface area (Å²) in [6, 6.07) is 7.82. The van der Waals surface area contributed by atoms with E-state index in [1.807, 2.05) is 24.3 Å². The first-order valence-electron chi connectivity index (χ1n) is 7.52. The summed E-state index contributed by atoms with van der Waals surface area (Å²) in [5.41, 5.74) is 7.36. The minimum atomic E-state index is 0.135. The van der Waals surface area contributed by atoms with E-state index in [-0.39, 0.29) is 6.04 Å². The molecule has 1 fully saturated rings. The van der Waals surface area contributed by atoms with Crippen LogP contribution in [-0.4, -0.2) is 16.2 Å². The molecule has 0 aliphatic heterocycles. The molecule has 0 spiro atoms. The predicted molar refractivity (Wildman–Crippen MR) is 82.2 cm³/mol. The Morgan fingerprint density at radius 1 is 1.24 bits per heavy atom. The van der Waals surface area contributed by atoms with Gasteiger partial charge in [0.2, 0.25) is 5.89 Å². The van der Waals surface area contributed by atoms with Gasteiger partial charge in [-0.2, -0.15) is 4.98 Å². The molecule has 2 N–H and O–H groups in total. The van der Waals surface area contributed by atoms with Gasteiger partial charge in [-0.25, -0.2) is 0 Å². The highest BCUT2D eigenvalue weighted by molar-refractivity contribution is 6.30. The first kappa shape index (κ1) is 14.5. The molecule has 2 aromatic rings. The second-order valence-corrected chi connectivity index (χ2v) is 6.26. The number of nitrogens with zero attached hydrogens (tertiary/aromatic N) is 2. The lowest BCUT2D eigenvalue weighted by Gasteiger charge is -2.16. The van der Waals surface area contributed by atoms with Crippen LogP contribution in [0.5, 0.6) is 0 Å². The molecular formula is C16H20ClN3O. The normalized spacial score (nSPS) is 17.2. The number of aromatic nitrogens is 2. The molecule has 112 valence electrons. The zero-order valence-electron chi connectivity index (χ0n) is 12.0. The van der Waals surface area contributed by atoms with Gasteiger partial charge in [-0.3, -0.25) is 0 Å². The third-order valence-electron chi connectivity index (χ3n) is 4.20. The van der Waals surface area contributed by atoms with Gasteiger partial charge in [0.15, 0.2) is 5.82 Å². The van der Waals surface area contributed by atoms with Crippen LogP contribution in [0, 0.1) is 5.92 Å². The monoisotopic (exact) mass is 305 g/mol. The van der Waals surface area contributed by atoms with Crippen LogP contribution in [0.25, 0.3) is 0 Å². The van der Waals surface area contributed by atoms with E-state index in [1.165, 1.54) is 25.7 Å². The lowest BCUT2D eigenvalue weighted by atomic mass is 9.96. The molecule has 3 rings (SSSR count). The summed E-state index contributed by atoms with van der Waals surface area (Å²) >= 11 is 5.87. The minimum Gasteiger partial charge on any atom is -0.339 e. The van der Waals surface area contributed by atoms with Crippen LogP contribution < -0.4 is 5.73 Å². The molecule has 21 heavy (non-hydrogen) atoms. The highest BCUT2D eigenvalue weighted by Gasteiger charge is 2.24. The summed E-state index contributed by atoms with van der Waals surface area (Å²) < 4.78 is 5.32. The summed E-state index contributed by atoms with van der Waals surface area (Å²) in [4.78, 5) is 4.45. The Bertz CT molecular complexity index is 575. The van der Waals surface area contributed by atoms with Gasteiger partial charge in [0.25, 0.3) is 0 Å². The maximum Gasteiger partial charge on any atom is 0.228 e. The molecule has 0 radical (unpaired) electrons. The van der Waals surface area contributed by atoms with Crippen molar-refractivity contribution in [1.29, 1.82) is 0 Å². The zero-order valence-corrected chi connectivity index (χ0v) is 12.7. The van der Waals surface area contributed by atoms with Crippen molar-refractivity contribution in [2.24, 2.45) is 11.7 Å². The fourth-order valence-corrected chi connectivity index (χ4v) is 3.11. The average Bonchev–Trinajstić information content (AvgIpc) is 3.13. The lowest BCUT2D eigenvalue weighted by Crippen LogP contribution is -2.30. The van der Waals surface area contributed by atoms with Gasteiger partial charge in [-0.15, -0.1) is 0 Å². The van der Waals surface area contributed by atoms with Crippen molar-refractivity contribution in [2.75, 3.05) is 0 Å². The molecule has 0 saturated heterocycles. The van der Waals surface area contributed by atoms with E-state index in [9.17, 15) is 0 Å². The number of hydrogen-bond acceptors (Lipinski definition) is 4. The molecule has 1 aromatic heterocycles. The fourth-order valence-electron chi connectivity index (χ4n) is 2.98. The number of nitrogens with two attached hydrogens (primary N) is 1. The van der Waals surface area contributed by atoms with Crippen molar-refractivity contribution in [3.05, 3.63) is 46.6 Å². The third-order valence-corrected chi connectivity index (χ3v) is 4.45. The standard InChI is InChI=1S/C16H20ClN3O/c17-13-7-5-11(6-8-13)9-15-19-16(21-20-15)10-14(18)12-3-1-2-4-12/h5-8,12,14H,1-4,9-10,18H2. The van der Waals surface area contributed by atoms with Crippen molar-refractivity contribution < 1.29 is 4.52 Å². The second kappa shape index (κ2) is 6.58. The number of hydrogen-bond donors (Lipinski definition) is 1. The van der Waals surface area contributed by atoms with E-state index < -0.39 is 0 Å². The van der Waals surface area contributed by atoms with Crippen molar-refractivity contribution in [3.63, 3.8) is 0 Å². The predicted octanol–water partition coefficient (Wildman–Crippen LogP) is 3.37. The Labute approximate surface area is 129 Å². The van der Waals surface area contributed by atoms with E-state index in [4.69, 9.17) is 21.9 Å². The molecule has 1 saturated carbocycles. The SMILES string of the molecule is NC(Cc1nc(Cc2ccc(Cl)cc2)no1)C1CCCC1. The Morgan fingerprint density at radius 3 is 2.67 bits per heavy atom. The maximum absolute atomic E-state index is 6.25. The molecular weight excluding hydrogens is 286 g/mol. The van der Waals surface area contributed by atoms with Gasteiger partial charge < -0.3 is 10.3 Å². The van der Waals surface area contributed by atoms with Gasteiger partial charge in [0.1, 0.15) is 0 Å². The van der Waals surface area contributed by atoms with Crippen LogP contribution in [0.2, 0.25) is 5.02 Å². The third kappa shape index (κ3) is 3.83. The second-order valence-electron chi connectivity index (χ2n) is 5.82. The molecule has 1 aliphatic carbocycles. The van der Waals surface area contributed by atoms with Crippen molar-refractivity contribution >= 4 is 11.6 Å². The van der Waals surface area contributed by atoms with Gasteiger partial charge in [0.05, 0.1) is 0 Å². The van der Waals surface area contributed by atoms with Crippen molar-refractivity contribution in [1.82, 2.24) is 10.1 Å². The largest absolute Gasteiger partial charge is 0.339 e. The summed E-state index contributed by atoms with van der Waals surface area (Å²) in [6.07, 6.45) is 6.38. The van der Waals surface area contributed by atoms with Crippen LogP contribution >= 0.6 is 11.6 Å². The first-order chi connectivity index (χ1) is 10.2. The van der Waals surface area contributed by atoms with Crippen LogP contribution in [-0.2, 0) is 12.8 Å². The lowest BCUT2D eigenvalue weighted by molar-refractivity contribution is 0.339. The number of benzene rings is 1. The summed E-state index contributed by atoms with van der Waals surface area (Å²) in [7, 11) is 0. The highest BCUT2D eigenvalue weighted by Crippen LogP contribution is 2.28. The number of halogens is 1. The molecule has 0 amide bonds. The average molecular weight is 306 g/mol. The zero-order chi connectivity index (χ0) is 14.7. The smallest absolute Gasteiger partial charge is 0.228 e. The van der Waals surface area contributed by atoms with Crippen LogP contribution in [0.4, 0.5) is 0 Å². The molecule has 1 unspecified atom stereocenters. The van der Waals surface area contributed by atoms with Gasteiger partial charge in [-0.1, -0.05) is 41.7 Å². The van der Waals surface area contributed by atoms with E-state index >= 15 is 0 Å². The van der Waals surface area contributed by atoms with E-state index in [2.05, 4.69) is 10.1 Å². The summed E-state index contributed by atoms with van der Waals surface area (Å²) in [5.74, 6) is 1.96. The molecule has 1 atom stereocenters. The van der Waals surface area contributed by atoms with E-state index in [0.717, 1.165) is 10.6 Å². The molecule has 0 bridgehead atoms. The van der Waals surface area contributed by atoms with Crippen molar-refractivity contribution in [2.45, 2.75) is 44.6 Å². The Morgan fingerprint density at radius 2 is 1.95 bits per heavy atom. The fraction of sp³-hybridized carbons (Fsp3) is 0.500. The minimum absolute atomic E-state index is 0.135. The van der Waals surface area contributed by atoms with Gasteiger partial charge >= 0.3 is 0 Å². The molecule has 1 aliphatic rings. The highest BCUT2D eigenvalue weighted by atomic mass is 35.5. The van der Waals surface area contributed by atoms with Crippen LogP contribution in [0.1, 0.15) is 43.0 Å². The topological polar surface area (TPSA) is 64.9 Å². The summed E-state index contributed by atoms with van der Waals surface area (Å²) in [5, 5.41) is 4.77. The maximum atomic E-state index is 6.25. The first-order valence-corrected chi connectivity index (χ1v) is 7.90. The molecule has 1 aromatic carbocycles. The quantitative estimate of drug-likeness (QED) is 0.919. The van der Waals surface area contributed by atoms with Crippen LogP contribution in [0.3, 0.4) is 0 Å². The van der Waals surface area contributed by atoms with Crippen LogP contribution in [0.15, 0.2) is 28.8 Å². The van der Waals surface area contributed by atoms with Crippen molar-refractivity contribution in [3.8, 4) is 0 Å². The summed E-state index contributed by atoms with van der Waals surface area (Å²) in [6.45, 7) is 0. The molecule has 1 heterocycles. The van der Waals surface area contributed by atoms with E-state index in [1.54, 1.807) is 0 Å². The number of rotatable bonds is 5. The van der Waals surface area contributed by atoms with Gasteiger partial charge in [0, 0.05) is 23.9 Å². The Hall–Kier alpha value is -1.39. The molecule has 5 heteroatoms. The Kier molecular flexibility index (Phi) is 4.56. The van der Waals surface area contributed by atoms with Gasteiger partial charge in [-0.05, 0) is 36.5 Å². The van der Waals surface area contributed by atoms with E-state index in [0.29, 0.717) is 30.5 Å². The molecule has 4 nitrogen and oxygen atoms in total.